The first kappa shape index (κ1) is 23.0. The maximum atomic E-state index is 12.3. The predicted molar refractivity (Wildman–Crippen MR) is 141 cm³/mol. The summed E-state index contributed by atoms with van der Waals surface area (Å²) in [5.41, 5.74) is 11.8. The molecule has 8 heteroatoms. The number of anilines is 1. The van der Waals surface area contributed by atoms with E-state index in [1.54, 1.807) is 0 Å². The summed E-state index contributed by atoms with van der Waals surface area (Å²) in [5.74, 6) is 0.0936. The summed E-state index contributed by atoms with van der Waals surface area (Å²) in [6.45, 7) is 7.20. The fourth-order valence-electron chi connectivity index (χ4n) is 4.71. The van der Waals surface area contributed by atoms with Gasteiger partial charge in [-0.15, -0.1) is 0 Å². The molecule has 1 atom stereocenters. The monoisotopic (exact) mass is 484 g/mol. The third kappa shape index (κ3) is 4.26. The molecule has 5 rings (SSSR count). The molecule has 0 bridgehead atoms. The second-order valence-corrected chi connectivity index (χ2v) is 11.8. The molecule has 3 heterocycles. The molecule has 1 unspecified atom stereocenters. The van der Waals surface area contributed by atoms with E-state index in [0.29, 0.717) is 6.54 Å². The number of hydrogen-bond donors (Lipinski definition) is 2. The maximum absolute atomic E-state index is 12.3. The second kappa shape index (κ2) is 8.79. The van der Waals surface area contributed by atoms with Crippen LogP contribution in [0.1, 0.15) is 32.2 Å². The van der Waals surface area contributed by atoms with Crippen molar-refractivity contribution in [3.05, 3.63) is 104 Å². The minimum absolute atomic E-state index is 0.0936. The Bertz CT molecular complexity index is 1490. The highest BCUT2D eigenvalue weighted by Gasteiger charge is 2.37. The molecule has 0 radical (unpaired) electrons. The van der Waals surface area contributed by atoms with Crippen LogP contribution >= 0.6 is 0 Å². The van der Waals surface area contributed by atoms with E-state index in [2.05, 4.69) is 86.0 Å². The lowest BCUT2D eigenvalue weighted by molar-refractivity contribution is -0.0930. The number of aromatic nitrogens is 2. The Morgan fingerprint density at radius 3 is 2.14 bits per heavy atom. The lowest BCUT2D eigenvalue weighted by Gasteiger charge is -2.43. The fourth-order valence-corrected chi connectivity index (χ4v) is 7.50. The van der Waals surface area contributed by atoms with Crippen molar-refractivity contribution in [1.29, 1.82) is 0 Å². The first-order valence-electron chi connectivity index (χ1n) is 11.6. The van der Waals surface area contributed by atoms with E-state index in [4.69, 9.17) is 10.6 Å². The van der Waals surface area contributed by atoms with Crippen molar-refractivity contribution in [2.45, 2.75) is 32.4 Å². The van der Waals surface area contributed by atoms with E-state index in [1.165, 1.54) is 38.1 Å². The quantitative estimate of drug-likeness (QED) is 0.429. The van der Waals surface area contributed by atoms with Crippen molar-refractivity contribution >= 4 is 14.4 Å². The van der Waals surface area contributed by atoms with E-state index in [0.717, 1.165) is 0 Å². The largest absolute Gasteiger partial charge is 0.385 e. The van der Waals surface area contributed by atoms with Crippen LogP contribution in [0.2, 0.25) is 0 Å². The van der Waals surface area contributed by atoms with Gasteiger partial charge < -0.3 is 5.73 Å². The molecular formula is C27H28N4O3Si. The molecule has 35 heavy (non-hydrogen) atoms. The molecule has 0 amide bonds. The molecule has 7 nitrogen and oxygen atoms in total. The number of rotatable bonds is 4. The Kier molecular flexibility index (Phi) is 5.78. The average Bonchev–Trinajstić information content (AvgIpc) is 2.79. The highest BCUT2D eigenvalue weighted by Crippen LogP contribution is 2.41. The van der Waals surface area contributed by atoms with Gasteiger partial charge in [-0.3, -0.25) is 19.3 Å². The fraction of sp³-hybridized carbons (Fsp3) is 0.222. The zero-order chi connectivity index (χ0) is 24.7. The summed E-state index contributed by atoms with van der Waals surface area (Å²) in [5, 5.41) is 1.33. The second-order valence-electron chi connectivity index (χ2n) is 9.72. The van der Waals surface area contributed by atoms with Crippen LogP contribution in [0, 0.1) is 0 Å². The summed E-state index contributed by atoms with van der Waals surface area (Å²) < 4.78 is 3.28. The molecular weight excluding hydrogens is 456 g/mol. The molecule has 0 aliphatic carbocycles. The summed E-state index contributed by atoms with van der Waals surface area (Å²) in [6.07, 6.45) is -0.550. The van der Waals surface area contributed by atoms with Crippen LogP contribution < -0.4 is 21.7 Å². The van der Waals surface area contributed by atoms with Crippen molar-refractivity contribution in [2.24, 2.45) is 0 Å². The Labute approximate surface area is 205 Å². The molecule has 1 fully saturated rings. The van der Waals surface area contributed by atoms with E-state index in [1.807, 2.05) is 16.9 Å². The molecule has 0 saturated carbocycles. The minimum atomic E-state index is -1.43. The standard InChI is InChI=1S/C27H28N4O3Si/c1-27(2,3)25-24(19-12-8-5-9-13-19)20(18-10-6-4-7-11-18)14-15-35(25)30-17-23(34-30)31-21(28)16-22(32)29-26(31)33/h4-16,23H,17,28H2,1-3H3,(H,29,32,33). The highest BCUT2D eigenvalue weighted by atomic mass is 28.2. The average molecular weight is 485 g/mol. The van der Waals surface area contributed by atoms with Gasteiger partial charge in [0.2, 0.25) is 0 Å². The normalized spacial score (nSPS) is 15.6. The summed E-state index contributed by atoms with van der Waals surface area (Å²) in [4.78, 5) is 32.3. The van der Waals surface area contributed by atoms with E-state index >= 15 is 0 Å². The maximum Gasteiger partial charge on any atom is 0.332 e. The minimum Gasteiger partial charge on any atom is -0.385 e. The first-order valence-corrected chi connectivity index (χ1v) is 13.1. The Balaban J connectivity index is 1.64. The highest BCUT2D eigenvalue weighted by molar-refractivity contribution is 6.57. The molecule has 3 N–H and O–H groups in total. The summed E-state index contributed by atoms with van der Waals surface area (Å²) >= 11 is 0. The molecule has 1 aliphatic heterocycles. The van der Waals surface area contributed by atoms with Gasteiger partial charge in [-0.25, -0.2) is 9.36 Å². The van der Waals surface area contributed by atoms with Gasteiger partial charge in [0.15, 0.2) is 14.8 Å². The molecule has 1 aliphatic rings. The van der Waals surface area contributed by atoms with Crippen LogP contribution in [0.4, 0.5) is 5.82 Å². The lowest BCUT2D eigenvalue weighted by atomic mass is 9.85. The van der Waals surface area contributed by atoms with Crippen molar-refractivity contribution < 1.29 is 4.84 Å². The van der Waals surface area contributed by atoms with Crippen LogP contribution in [-0.4, -0.2) is 24.7 Å². The SMILES string of the molecule is CC(C)(C)c1c(-c2ccccc2)c(-c2ccccc2)cc[si]1N1CC(n2c(N)cc(=O)[nH]c2=O)O1. The van der Waals surface area contributed by atoms with Gasteiger partial charge in [0, 0.05) is 6.07 Å². The number of H-pyrrole nitrogens is 1. The van der Waals surface area contributed by atoms with Crippen LogP contribution in [0.25, 0.3) is 22.3 Å². The van der Waals surface area contributed by atoms with Crippen LogP contribution in [0.5, 0.6) is 0 Å². The lowest BCUT2D eigenvalue weighted by Crippen LogP contribution is -2.56. The number of nitrogen functional groups attached to an aromatic ring is 1. The van der Waals surface area contributed by atoms with Crippen molar-refractivity contribution in [1.82, 2.24) is 9.55 Å². The summed E-state index contributed by atoms with van der Waals surface area (Å²) in [7, 11) is -1.43. The van der Waals surface area contributed by atoms with Crippen molar-refractivity contribution in [3.63, 3.8) is 0 Å². The van der Waals surface area contributed by atoms with E-state index in [-0.39, 0.29) is 11.2 Å². The van der Waals surface area contributed by atoms with Crippen LogP contribution in [0.15, 0.2) is 88.1 Å². The van der Waals surface area contributed by atoms with Crippen LogP contribution in [-0.2, 0) is 10.3 Å². The van der Waals surface area contributed by atoms with Gasteiger partial charge >= 0.3 is 5.69 Å². The number of nitrogens with two attached hydrogens (primary N) is 1. The predicted octanol–water partition coefficient (Wildman–Crippen LogP) is 3.86. The van der Waals surface area contributed by atoms with Crippen LogP contribution in [0.3, 0.4) is 0 Å². The molecule has 4 aromatic rings. The number of benzene rings is 2. The van der Waals surface area contributed by atoms with E-state index in [9.17, 15) is 9.59 Å². The van der Waals surface area contributed by atoms with Crippen molar-refractivity contribution in [2.75, 3.05) is 17.0 Å². The first-order chi connectivity index (χ1) is 16.7. The zero-order valence-corrected chi connectivity index (χ0v) is 21.0. The molecule has 2 aromatic carbocycles. The number of hydrogen-bond acceptors (Lipinski definition) is 5. The number of aromatic amines is 1. The van der Waals surface area contributed by atoms with Gasteiger partial charge in [-0.1, -0.05) is 93.2 Å². The topological polar surface area (TPSA) is 93.4 Å². The van der Waals surface area contributed by atoms with Gasteiger partial charge in [0.25, 0.3) is 5.56 Å². The van der Waals surface area contributed by atoms with Gasteiger partial charge in [-0.05, 0) is 32.8 Å². The molecule has 0 spiro atoms. The number of hydroxylamine groups is 1. The Morgan fingerprint density at radius 2 is 1.57 bits per heavy atom. The smallest absolute Gasteiger partial charge is 0.332 e. The van der Waals surface area contributed by atoms with Crippen molar-refractivity contribution in [3.8, 4) is 22.3 Å². The third-order valence-corrected chi connectivity index (χ3v) is 9.03. The summed E-state index contributed by atoms with van der Waals surface area (Å²) in [6, 6.07) is 24.3. The van der Waals surface area contributed by atoms with Gasteiger partial charge in [-0.2, -0.15) is 0 Å². The Morgan fingerprint density at radius 1 is 0.971 bits per heavy atom. The third-order valence-electron chi connectivity index (χ3n) is 6.21. The van der Waals surface area contributed by atoms with Gasteiger partial charge in [0.1, 0.15) is 5.82 Å². The zero-order valence-electron chi connectivity index (χ0n) is 20.0. The Hall–Kier alpha value is -3.75. The van der Waals surface area contributed by atoms with Gasteiger partial charge in [0.05, 0.1) is 6.54 Å². The molecule has 1 saturated heterocycles. The number of nitrogens with one attached hydrogen (secondary N) is 1. The molecule has 2 aromatic heterocycles. The van der Waals surface area contributed by atoms with E-state index < -0.39 is 26.0 Å². The molecule has 178 valence electrons. The number of nitrogens with zero attached hydrogens (tertiary/aromatic N) is 2.